The third kappa shape index (κ3) is 4.36. The molecule has 0 aromatic heterocycles. The smallest absolute Gasteiger partial charge is 0.427 e. The number of hydrogen-bond acceptors (Lipinski definition) is 3. The summed E-state index contributed by atoms with van der Waals surface area (Å²) in [5.74, 6) is 1.17. The van der Waals surface area contributed by atoms with Crippen LogP contribution >= 0.6 is 0 Å². The van der Waals surface area contributed by atoms with Crippen molar-refractivity contribution >= 4 is 0 Å². The number of nitrogens with one attached hydrogen (secondary N) is 1. The number of hydrogen-bond donors (Lipinski definition) is 2. The summed E-state index contributed by atoms with van der Waals surface area (Å²) in [7, 11) is 1.63. The lowest BCUT2D eigenvalue weighted by Crippen LogP contribution is -2.42. The van der Waals surface area contributed by atoms with Crippen LogP contribution < -0.4 is 10.1 Å². The molecular weight excluding hydrogens is 295 g/mol. The van der Waals surface area contributed by atoms with Crippen LogP contribution in [0.15, 0.2) is 18.2 Å². The van der Waals surface area contributed by atoms with Crippen LogP contribution in [0, 0.1) is 0 Å². The van der Waals surface area contributed by atoms with Crippen molar-refractivity contribution in [3.8, 4) is 5.75 Å². The Hall–Kier alpha value is -1.27. The maximum absolute atomic E-state index is 12.2. The molecule has 0 radical (unpaired) electrons. The third-order valence-corrected chi connectivity index (χ3v) is 4.17. The molecule has 2 atom stereocenters. The molecule has 0 saturated carbocycles. The van der Waals surface area contributed by atoms with Gasteiger partial charge in [0.2, 0.25) is 6.23 Å². The van der Waals surface area contributed by atoms with E-state index in [4.69, 9.17) is 9.84 Å². The minimum absolute atomic E-state index is 0.149. The van der Waals surface area contributed by atoms with Gasteiger partial charge in [-0.15, -0.1) is 0 Å². The van der Waals surface area contributed by atoms with Crippen LogP contribution in [-0.4, -0.2) is 31.2 Å². The summed E-state index contributed by atoms with van der Waals surface area (Å²) in [4.78, 5) is 0. The highest BCUT2D eigenvalue weighted by atomic mass is 19.4. The quantitative estimate of drug-likeness (QED) is 0.624. The van der Waals surface area contributed by atoms with Crippen molar-refractivity contribution in [2.45, 2.75) is 50.4 Å². The predicted molar refractivity (Wildman–Crippen MR) is 78.0 cm³/mol. The fourth-order valence-corrected chi connectivity index (χ4v) is 3.00. The first-order chi connectivity index (χ1) is 10.4. The Morgan fingerprint density at radius 1 is 1.41 bits per heavy atom. The minimum Gasteiger partial charge on any atom is -0.497 e. The maximum atomic E-state index is 12.2. The maximum Gasteiger partial charge on any atom is 0.427 e. The summed E-state index contributed by atoms with van der Waals surface area (Å²) in [5, 5.41) is 11.0. The third-order valence-electron chi connectivity index (χ3n) is 4.17. The second kappa shape index (κ2) is 7.33. The van der Waals surface area contributed by atoms with Crippen molar-refractivity contribution < 1.29 is 23.0 Å². The van der Waals surface area contributed by atoms with Gasteiger partial charge in [-0.3, -0.25) is 5.32 Å². The summed E-state index contributed by atoms with van der Waals surface area (Å²) >= 11 is 0. The molecule has 0 amide bonds. The van der Waals surface area contributed by atoms with Gasteiger partial charge in [0.05, 0.1) is 7.11 Å². The molecule has 2 unspecified atom stereocenters. The van der Waals surface area contributed by atoms with Crippen molar-refractivity contribution in [1.82, 2.24) is 5.32 Å². The molecule has 6 heteroatoms. The van der Waals surface area contributed by atoms with Crippen LogP contribution in [0.3, 0.4) is 0 Å². The van der Waals surface area contributed by atoms with Crippen molar-refractivity contribution in [1.29, 1.82) is 0 Å². The average molecular weight is 317 g/mol. The molecule has 0 saturated heterocycles. The van der Waals surface area contributed by atoms with Gasteiger partial charge in [-0.25, -0.2) is 0 Å². The van der Waals surface area contributed by atoms with E-state index >= 15 is 0 Å². The van der Waals surface area contributed by atoms with Crippen LogP contribution in [0.5, 0.6) is 5.75 Å². The van der Waals surface area contributed by atoms with E-state index in [0.717, 1.165) is 31.4 Å². The van der Waals surface area contributed by atoms with Gasteiger partial charge in [-0.05, 0) is 67.8 Å². The molecule has 1 aromatic rings. The first kappa shape index (κ1) is 17.1. The summed E-state index contributed by atoms with van der Waals surface area (Å²) in [5.41, 5.74) is 2.56. The Bertz CT molecular complexity index is 491. The van der Waals surface area contributed by atoms with E-state index in [1.807, 2.05) is 12.1 Å². The molecule has 1 aliphatic carbocycles. The number of ether oxygens (including phenoxy) is 1. The number of aliphatic hydroxyl groups excluding tert-OH is 1. The van der Waals surface area contributed by atoms with Gasteiger partial charge in [0.1, 0.15) is 5.75 Å². The summed E-state index contributed by atoms with van der Waals surface area (Å²) in [6.07, 6.45) is -2.46. The van der Waals surface area contributed by atoms with E-state index in [9.17, 15) is 13.2 Å². The van der Waals surface area contributed by atoms with Gasteiger partial charge in [-0.1, -0.05) is 6.07 Å². The van der Waals surface area contributed by atoms with Crippen molar-refractivity contribution in [3.05, 3.63) is 29.3 Å². The summed E-state index contributed by atoms with van der Waals surface area (Å²) < 4.78 is 41.8. The number of rotatable bonds is 6. The number of methoxy groups -OCH3 is 1. The van der Waals surface area contributed by atoms with Gasteiger partial charge in [-0.2, -0.15) is 13.2 Å². The van der Waals surface area contributed by atoms with E-state index in [0.29, 0.717) is 12.3 Å². The molecule has 0 fully saturated rings. The SMILES string of the molecule is COc1ccc2c(c1)C(CCCNC(O)C(F)(F)F)CCC2. The van der Waals surface area contributed by atoms with Gasteiger partial charge in [0.15, 0.2) is 0 Å². The zero-order chi connectivity index (χ0) is 16.2. The monoisotopic (exact) mass is 317 g/mol. The molecule has 1 aliphatic rings. The first-order valence-corrected chi connectivity index (χ1v) is 7.57. The van der Waals surface area contributed by atoms with Crippen LogP contribution in [0.25, 0.3) is 0 Å². The second-order valence-electron chi connectivity index (χ2n) is 5.69. The molecule has 0 bridgehead atoms. The standard InChI is InChI=1S/C16H22F3NO2/c1-22-13-8-7-12-5-2-4-11(14(12)10-13)6-3-9-20-15(21)16(17,18)19/h7-8,10-11,15,20-21H,2-6,9H2,1H3. The van der Waals surface area contributed by atoms with E-state index in [1.54, 1.807) is 7.11 Å². The zero-order valence-corrected chi connectivity index (χ0v) is 12.6. The molecule has 0 aliphatic heterocycles. The van der Waals surface area contributed by atoms with E-state index in [1.165, 1.54) is 11.1 Å². The Morgan fingerprint density at radius 2 is 2.18 bits per heavy atom. The number of halogens is 3. The van der Waals surface area contributed by atoms with Gasteiger partial charge in [0, 0.05) is 0 Å². The number of aryl methyl sites for hydroxylation is 1. The Labute approximate surface area is 128 Å². The first-order valence-electron chi connectivity index (χ1n) is 7.57. The number of alkyl halides is 3. The fourth-order valence-electron chi connectivity index (χ4n) is 3.00. The minimum atomic E-state index is -4.61. The van der Waals surface area contributed by atoms with Crippen LogP contribution in [0.1, 0.15) is 42.7 Å². The molecule has 0 spiro atoms. The molecule has 22 heavy (non-hydrogen) atoms. The van der Waals surface area contributed by atoms with Gasteiger partial charge in [0.25, 0.3) is 0 Å². The lowest BCUT2D eigenvalue weighted by atomic mass is 9.80. The molecule has 3 nitrogen and oxygen atoms in total. The highest BCUT2D eigenvalue weighted by molar-refractivity contribution is 5.39. The average Bonchev–Trinajstić information content (AvgIpc) is 2.49. The fraction of sp³-hybridized carbons (Fsp3) is 0.625. The van der Waals surface area contributed by atoms with Crippen LogP contribution in [-0.2, 0) is 6.42 Å². The molecule has 1 aromatic carbocycles. The van der Waals surface area contributed by atoms with Crippen LogP contribution in [0.4, 0.5) is 13.2 Å². The lowest BCUT2D eigenvalue weighted by molar-refractivity contribution is -0.213. The Morgan fingerprint density at radius 3 is 2.86 bits per heavy atom. The zero-order valence-electron chi connectivity index (χ0n) is 12.6. The number of benzene rings is 1. The van der Waals surface area contributed by atoms with Crippen molar-refractivity contribution in [2.75, 3.05) is 13.7 Å². The largest absolute Gasteiger partial charge is 0.497 e. The second-order valence-corrected chi connectivity index (χ2v) is 5.69. The van der Waals surface area contributed by atoms with Crippen molar-refractivity contribution in [2.24, 2.45) is 0 Å². The molecule has 2 rings (SSSR count). The van der Waals surface area contributed by atoms with E-state index in [2.05, 4.69) is 11.4 Å². The summed E-state index contributed by atoms with van der Waals surface area (Å²) in [6, 6.07) is 6.06. The summed E-state index contributed by atoms with van der Waals surface area (Å²) in [6.45, 7) is 0.149. The van der Waals surface area contributed by atoms with E-state index in [-0.39, 0.29) is 6.54 Å². The number of fused-ring (bicyclic) bond motifs is 1. The lowest BCUT2D eigenvalue weighted by Gasteiger charge is -2.26. The molecule has 124 valence electrons. The van der Waals surface area contributed by atoms with E-state index < -0.39 is 12.4 Å². The van der Waals surface area contributed by atoms with Crippen molar-refractivity contribution in [3.63, 3.8) is 0 Å². The predicted octanol–water partition coefficient (Wildman–Crippen LogP) is 3.37. The Balaban J connectivity index is 1.87. The molecule has 0 heterocycles. The highest BCUT2D eigenvalue weighted by Crippen LogP contribution is 2.36. The van der Waals surface area contributed by atoms with Crippen LogP contribution in [0.2, 0.25) is 0 Å². The normalized spacial score (nSPS) is 19.6. The highest BCUT2D eigenvalue weighted by Gasteiger charge is 2.37. The number of aliphatic hydroxyl groups is 1. The Kier molecular flexibility index (Phi) is 5.69. The topological polar surface area (TPSA) is 41.5 Å². The van der Waals surface area contributed by atoms with Gasteiger partial charge < -0.3 is 9.84 Å². The van der Waals surface area contributed by atoms with Gasteiger partial charge >= 0.3 is 6.18 Å². The molecule has 2 N–H and O–H groups in total. The molecular formula is C16H22F3NO2.